The van der Waals surface area contributed by atoms with Gasteiger partial charge in [-0.05, 0) is 37.7 Å². The molecule has 0 aliphatic rings. The SMILES string of the molecule is COc1ncnc2c1[nH]c(=S)n2-c1ccc(C)cc1C. The van der Waals surface area contributed by atoms with E-state index in [-0.39, 0.29) is 0 Å². The van der Waals surface area contributed by atoms with E-state index in [1.54, 1.807) is 7.11 Å². The van der Waals surface area contributed by atoms with E-state index in [1.807, 2.05) is 10.6 Å². The summed E-state index contributed by atoms with van der Waals surface area (Å²) in [7, 11) is 1.58. The Balaban J connectivity index is 2.37. The van der Waals surface area contributed by atoms with Gasteiger partial charge >= 0.3 is 0 Å². The highest BCUT2D eigenvalue weighted by molar-refractivity contribution is 7.71. The maximum Gasteiger partial charge on any atom is 0.242 e. The Morgan fingerprint density at radius 1 is 1.25 bits per heavy atom. The number of fused-ring (bicyclic) bond motifs is 1. The highest BCUT2D eigenvalue weighted by Gasteiger charge is 2.13. The molecule has 0 amide bonds. The molecule has 0 fully saturated rings. The second-order valence-electron chi connectivity index (χ2n) is 4.64. The Morgan fingerprint density at radius 3 is 2.75 bits per heavy atom. The highest BCUT2D eigenvalue weighted by atomic mass is 32.1. The van der Waals surface area contributed by atoms with Crippen LogP contribution in [0.2, 0.25) is 0 Å². The monoisotopic (exact) mass is 286 g/mol. The van der Waals surface area contributed by atoms with Gasteiger partial charge in [-0.15, -0.1) is 0 Å². The van der Waals surface area contributed by atoms with Crippen LogP contribution in [-0.4, -0.2) is 26.6 Å². The van der Waals surface area contributed by atoms with Gasteiger partial charge in [0.05, 0.1) is 12.8 Å². The molecule has 102 valence electrons. The van der Waals surface area contributed by atoms with Crippen molar-refractivity contribution in [1.29, 1.82) is 0 Å². The topological polar surface area (TPSA) is 55.7 Å². The number of nitrogens with one attached hydrogen (secondary N) is 1. The van der Waals surface area contributed by atoms with Gasteiger partial charge in [-0.1, -0.05) is 17.7 Å². The van der Waals surface area contributed by atoms with Crippen LogP contribution in [0.5, 0.6) is 5.88 Å². The molecule has 3 aromatic rings. The summed E-state index contributed by atoms with van der Waals surface area (Å²) < 4.78 is 7.72. The minimum absolute atomic E-state index is 0.490. The van der Waals surface area contributed by atoms with E-state index in [2.05, 4.69) is 40.9 Å². The third kappa shape index (κ3) is 1.89. The number of hydrogen-bond acceptors (Lipinski definition) is 4. The second kappa shape index (κ2) is 4.72. The summed E-state index contributed by atoms with van der Waals surface area (Å²) in [6.45, 7) is 4.12. The fraction of sp³-hybridized carbons (Fsp3) is 0.214. The van der Waals surface area contributed by atoms with Crippen molar-refractivity contribution in [3.05, 3.63) is 40.4 Å². The zero-order chi connectivity index (χ0) is 14.3. The van der Waals surface area contributed by atoms with E-state index in [0.29, 0.717) is 21.8 Å². The van der Waals surface area contributed by atoms with Gasteiger partial charge in [0, 0.05) is 0 Å². The molecule has 0 saturated heterocycles. The average molecular weight is 286 g/mol. The van der Waals surface area contributed by atoms with Gasteiger partial charge in [-0.3, -0.25) is 4.57 Å². The standard InChI is InChI=1S/C14H14N4OS/c1-8-4-5-10(9(2)6-8)18-12-11(17-14(18)20)13(19-3)16-7-15-12/h4-7H,1-3H3,(H,17,20). The molecular weight excluding hydrogens is 272 g/mol. The zero-order valence-electron chi connectivity index (χ0n) is 11.5. The summed E-state index contributed by atoms with van der Waals surface area (Å²) >= 11 is 5.42. The van der Waals surface area contributed by atoms with E-state index >= 15 is 0 Å². The van der Waals surface area contributed by atoms with Crippen molar-refractivity contribution in [3.63, 3.8) is 0 Å². The normalized spacial score (nSPS) is 10.9. The molecule has 2 heterocycles. The number of aromatic amines is 1. The fourth-order valence-electron chi connectivity index (χ4n) is 2.33. The van der Waals surface area contributed by atoms with E-state index in [0.717, 1.165) is 11.3 Å². The molecule has 1 N–H and O–H groups in total. The number of methoxy groups -OCH3 is 1. The number of aromatic nitrogens is 4. The summed E-state index contributed by atoms with van der Waals surface area (Å²) in [5.41, 5.74) is 4.78. The van der Waals surface area contributed by atoms with Crippen molar-refractivity contribution in [2.24, 2.45) is 0 Å². The molecule has 20 heavy (non-hydrogen) atoms. The average Bonchev–Trinajstić information content (AvgIpc) is 2.75. The number of imidazole rings is 1. The van der Waals surface area contributed by atoms with Crippen LogP contribution in [0.1, 0.15) is 11.1 Å². The van der Waals surface area contributed by atoms with E-state index < -0.39 is 0 Å². The molecule has 5 nitrogen and oxygen atoms in total. The van der Waals surface area contributed by atoms with Gasteiger partial charge in [-0.25, -0.2) is 4.98 Å². The van der Waals surface area contributed by atoms with Crippen LogP contribution >= 0.6 is 12.2 Å². The second-order valence-corrected chi connectivity index (χ2v) is 5.02. The van der Waals surface area contributed by atoms with Crippen LogP contribution in [0, 0.1) is 18.6 Å². The predicted octanol–water partition coefficient (Wildman–Crippen LogP) is 3.10. The van der Waals surface area contributed by atoms with E-state index in [9.17, 15) is 0 Å². The van der Waals surface area contributed by atoms with Gasteiger partial charge in [0.2, 0.25) is 5.88 Å². The molecule has 3 rings (SSSR count). The van der Waals surface area contributed by atoms with E-state index in [1.165, 1.54) is 11.9 Å². The Bertz CT molecular complexity index is 850. The van der Waals surface area contributed by atoms with Gasteiger partial charge in [-0.2, -0.15) is 4.98 Å². The minimum Gasteiger partial charge on any atom is -0.479 e. The third-order valence-electron chi connectivity index (χ3n) is 3.23. The zero-order valence-corrected chi connectivity index (χ0v) is 12.3. The van der Waals surface area contributed by atoms with Gasteiger partial charge in [0.1, 0.15) is 11.8 Å². The molecule has 0 bridgehead atoms. The first-order valence-corrected chi connectivity index (χ1v) is 6.60. The van der Waals surface area contributed by atoms with Crippen LogP contribution in [0.3, 0.4) is 0 Å². The van der Waals surface area contributed by atoms with Crippen LogP contribution in [0.4, 0.5) is 0 Å². The van der Waals surface area contributed by atoms with Gasteiger partial charge in [0.15, 0.2) is 10.4 Å². The lowest BCUT2D eigenvalue weighted by Crippen LogP contribution is -1.99. The Hall–Kier alpha value is -2.21. The lowest BCUT2D eigenvalue weighted by atomic mass is 10.1. The molecule has 0 saturated carbocycles. The molecule has 0 unspecified atom stereocenters. The molecule has 1 aromatic carbocycles. The largest absolute Gasteiger partial charge is 0.479 e. The molecule has 2 aromatic heterocycles. The summed E-state index contributed by atoms with van der Waals surface area (Å²) in [6, 6.07) is 6.22. The molecule has 0 aliphatic carbocycles. The van der Waals surface area contributed by atoms with Gasteiger partial charge in [0.25, 0.3) is 0 Å². The quantitative estimate of drug-likeness (QED) is 0.735. The van der Waals surface area contributed by atoms with Crippen molar-refractivity contribution in [2.75, 3.05) is 7.11 Å². The summed E-state index contributed by atoms with van der Waals surface area (Å²) in [5, 5.41) is 0. The van der Waals surface area contributed by atoms with Crippen LogP contribution in [0.25, 0.3) is 16.9 Å². The fourth-order valence-corrected chi connectivity index (χ4v) is 2.62. The summed E-state index contributed by atoms with van der Waals surface area (Å²) in [5.74, 6) is 0.490. The lowest BCUT2D eigenvalue weighted by Gasteiger charge is -2.08. The number of benzene rings is 1. The molecule has 0 radical (unpaired) electrons. The van der Waals surface area contributed by atoms with Gasteiger partial charge < -0.3 is 9.72 Å². The van der Waals surface area contributed by atoms with Crippen molar-refractivity contribution in [2.45, 2.75) is 13.8 Å². The third-order valence-corrected chi connectivity index (χ3v) is 3.51. The van der Waals surface area contributed by atoms with Crippen LogP contribution in [0.15, 0.2) is 24.5 Å². The number of nitrogens with zero attached hydrogens (tertiary/aromatic N) is 3. The van der Waals surface area contributed by atoms with Crippen molar-refractivity contribution < 1.29 is 4.74 Å². The van der Waals surface area contributed by atoms with Crippen LogP contribution in [-0.2, 0) is 0 Å². The predicted molar refractivity (Wildman–Crippen MR) is 80.1 cm³/mol. The number of rotatable bonds is 2. The smallest absolute Gasteiger partial charge is 0.242 e. The Kier molecular flexibility index (Phi) is 3.02. The highest BCUT2D eigenvalue weighted by Crippen LogP contribution is 2.25. The first kappa shape index (κ1) is 12.8. The number of aryl methyl sites for hydroxylation is 2. The Labute approximate surface area is 121 Å². The summed E-state index contributed by atoms with van der Waals surface area (Å²) in [4.78, 5) is 11.5. The minimum atomic E-state index is 0.490. The summed E-state index contributed by atoms with van der Waals surface area (Å²) in [6.07, 6.45) is 1.48. The maximum atomic E-state index is 5.42. The van der Waals surface area contributed by atoms with Crippen molar-refractivity contribution in [1.82, 2.24) is 19.5 Å². The molecule has 6 heteroatoms. The molecular formula is C14H14N4OS. The lowest BCUT2D eigenvalue weighted by molar-refractivity contribution is 0.401. The first-order chi connectivity index (χ1) is 9.61. The molecule has 0 aliphatic heterocycles. The number of H-pyrrole nitrogens is 1. The van der Waals surface area contributed by atoms with Crippen molar-refractivity contribution in [3.8, 4) is 11.6 Å². The number of hydrogen-bond donors (Lipinski definition) is 1. The molecule has 0 atom stereocenters. The maximum absolute atomic E-state index is 5.42. The molecule has 0 spiro atoms. The first-order valence-electron chi connectivity index (χ1n) is 6.19. The number of ether oxygens (including phenoxy) is 1. The van der Waals surface area contributed by atoms with Crippen LogP contribution < -0.4 is 4.74 Å². The Morgan fingerprint density at radius 2 is 2.05 bits per heavy atom. The van der Waals surface area contributed by atoms with E-state index in [4.69, 9.17) is 17.0 Å². The van der Waals surface area contributed by atoms with Crippen molar-refractivity contribution >= 4 is 23.4 Å².